The number of pyridine rings is 1. The molecular weight excluding hydrogens is 262 g/mol. The lowest BCUT2D eigenvalue weighted by Crippen LogP contribution is -2.20. The number of aromatic nitrogens is 1. The first-order chi connectivity index (χ1) is 10.1. The topological polar surface area (TPSA) is 31.2 Å². The van der Waals surface area contributed by atoms with E-state index in [-0.39, 0.29) is 5.56 Å². The summed E-state index contributed by atoms with van der Waals surface area (Å²) >= 11 is 0. The van der Waals surface area contributed by atoms with Crippen LogP contribution in [0, 0.1) is 6.92 Å². The summed E-state index contributed by atoms with van der Waals surface area (Å²) in [6, 6.07) is 15.6. The lowest BCUT2D eigenvalue weighted by molar-refractivity contribution is 0.416. The number of ether oxygens (including phenoxy) is 1. The van der Waals surface area contributed by atoms with Crippen molar-refractivity contribution < 1.29 is 4.74 Å². The zero-order valence-electron chi connectivity index (χ0n) is 12.4. The van der Waals surface area contributed by atoms with Crippen molar-refractivity contribution in [1.29, 1.82) is 0 Å². The molecule has 0 fully saturated rings. The Balaban J connectivity index is 2.46. The molecule has 106 valence electrons. The molecule has 0 saturated carbocycles. The van der Waals surface area contributed by atoms with Gasteiger partial charge in [-0.1, -0.05) is 36.4 Å². The smallest absolute Gasteiger partial charge is 0.259 e. The van der Waals surface area contributed by atoms with Crippen molar-refractivity contribution in [3.8, 4) is 16.9 Å². The second-order valence-electron chi connectivity index (χ2n) is 5.08. The summed E-state index contributed by atoms with van der Waals surface area (Å²) < 4.78 is 7.11. The fourth-order valence-corrected chi connectivity index (χ4v) is 2.82. The fourth-order valence-electron chi connectivity index (χ4n) is 2.82. The van der Waals surface area contributed by atoms with Crippen molar-refractivity contribution in [3.05, 3.63) is 64.4 Å². The van der Waals surface area contributed by atoms with Crippen LogP contribution < -0.4 is 10.3 Å². The maximum Gasteiger partial charge on any atom is 0.259 e. The van der Waals surface area contributed by atoms with Crippen LogP contribution in [0.4, 0.5) is 0 Å². The summed E-state index contributed by atoms with van der Waals surface area (Å²) in [4.78, 5) is 12.8. The molecule has 0 amide bonds. The van der Waals surface area contributed by atoms with E-state index < -0.39 is 0 Å². The van der Waals surface area contributed by atoms with E-state index >= 15 is 0 Å². The molecule has 0 radical (unpaired) electrons. The zero-order chi connectivity index (χ0) is 15.0. The maximum atomic E-state index is 12.8. The first kappa shape index (κ1) is 13.4. The molecule has 3 nitrogen and oxygen atoms in total. The quantitative estimate of drug-likeness (QED) is 0.718. The van der Waals surface area contributed by atoms with Crippen molar-refractivity contribution in [1.82, 2.24) is 4.57 Å². The van der Waals surface area contributed by atoms with E-state index in [4.69, 9.17) is 4.74 Å². The standard InChI is InChI=1S/C18H17NO2/c1-12-13-8-4-6-10-15(13)19(2)18(20)17(12)14-9-5-7-11-16(14)21-3/h4-11H,1-3H3. The Kier molecular flexibility index (Phi) is 3.26. The number of hydrogen-bond donors (Lipinski definition) is 0. The van der Waals surface area contributed by atoms with Gasteiger partial charge in [-0.05, 0) is 24.6 Å². The largest absolute Gasteiger partial charge is 0.496 e. The van der Waals surface area contributed by atoms with Crippen molar-refractivity contribution in [3.63, 3.8) is 0 Å². The van der Waals surface area contributed by atoms with Crippen molar-refractivity contribution in [2.45, 2.75) is 6.92 Å². The Morgan fingerprint density at radius 1 is 1.00 bits per heavy atom. The van der Waals surface area contributed by atoms with Gasteiger partial charge in [0.2, 0.25) is 0 Å². The van der Waals surface area contributed by atoms with Gasteiger partial charge >= 0.3 is 0 Å². The minimum atomic E-state index is -0.00398. The highest BCUT2D eigenvalue weighted by atomic mass is 16.5. The predicted molar refractivity (Wildman–Crippen MR) is 85.9 cm³/mol. The molecule has 0 bridgehead atoms. The molecule has 0 saturated heterocycles. The van der Waals surface area contributed by atoms with Crippen LogP contribution in [0.2, 0.25) is 0 Å². The summed E-state index contributed by atoms with van der Waals surface area (Å²) in [6.45, 7) is 1.99. The summed E-state index contributed by atoms with van der Waals surface area (Å²) in [5, 5.41) is 1.08. The molecule has 0 N–H and O–H groups in total. The molecule has 2 aromatic carbocycles. The highest BCUT2D eigenvalue weighted by Crippen LogP contribution is 2.32. The second-order valence-corrected chi connectivity index (χ2v) is 5.08. The number of methoxy groups -OCH3 is 1. The third-order valence-electron chi connectivity index (χ3n) is 3.94. The van der Waals surface area contributed by atoms with Crippen LogP contribution in [-0.2, 0) is 7.05 Å². The number of rotatable bonds is 2. The van der Waals surface area contributed by atoms with E-state index in [1.165, 1.54) is 0 Å². The molecule has 0 atom stereocenters. The van der Waals surface area contributed by atoms with E-state index in [9.17, 15) is 4.79 Å². The monoisotopic (exact) mass is 279 g/mol. The molecule has 0 aliphatic carbocycles. The van der Waals surface area contributed by atoms with Gasteiger partial charge in [-0.25, -0.2) is 0 Å². The number of para-hydroxylation sites is 2. The lowest BCUT2D eigenvalue weighted by Gasteiger charge is -2.15. The van der Waals surface area contributed by atoms with Gasteiger partial charge in [0.05, 0.1) is 18.2 Å². The molecule has 3 aromatic rings. The van der Waals surface area contributed by atoms with Crippen LogP contribution in [0.3, 0.4) is 0 Å². The fraction of sp³-hybridized carbons (Fsp3) is 0.167. The van der Waals surface area contributed by atoms with Crippen molar-refractivity contribution in [2.24, 2.45) is 7.05 Å². The van der Waals surface area contributed by atoms with Gasteiger partial charge in [0, 0.05) is 18.0 Å². The van der Waals surface area contributed by atoms with Gasteiger partial charge in [-0.3, -0.25) is 4.79 Å². The lowest BCUT2D eigenvalue weighted by atomic mass is 9.97. The SMILES string of the molecule is COc1ccccc1-c1c(C)c2ccccc2n(C)c1=O. The Morgan fingerprint density at radius 2 is 1.67 bits per heavy atom. The molecular formula is C18H17NO2. The average Bonchev–Trinajstić information content (AvgIpc) is 2.53. The summed E-state index contributed by atoms with van der Waals surface area (Å²) in [7, 11) is 3.43. The van der Waals surface area contributed by atoms with Crippen LogP contribution in [-0.4, -0.2) is 11.7 Å². The third kappa shape index (κ3) is 2.02. The molecule has 21 heavy (non-hydrogen) atoms. The van der Waals surface area contributed by atoms with E-state index in [1.54, 1.807) is 11.7 Å². The van der Waals surface area contributed by atoms with Crippen LogP contribution in [0.1, 0.15) is 5.56 Å². The number of fused-ring (bicyclic) bond motifs is 1. The molecule has 1 aromatic heterocycles. The maximum absolute atomic E-state index is 12.8. The molecule has 0 unspecified atom stereocenters. The molecule has 3 heteroatoms. The number of benzene rings is 2. The van der Waals surface area contributed by atoms with Gasteiger partial charge in [0.25, 0.3) is 5.56 Å². The minimum absolute atomic E-state index is 0.00398. The first-order valence-electron chi connectivity index (χ1n) is 6.87. The molecule has 1 heterocycles. The van der Waals surface area contributed by atoms with E-state index in [0.29, 0.717) is 11.3 Å². The normalized spacial score (nSPS) is 10.8. The van der Waals surface area contributed by atoms with E-state index in [1.807, 2.05) is 62.5 Å². The highest BCUT2D eigenvalue weighted by molar-refractivity contribution is 5.89. The summed E-state index contributed by atoms with van der Waals surface area (Å²) in [5.74, 6) is 0.716. The third-order valence-corrected chi connectivity index (χ3v) is 3.94. The summed E-state index contributed by atoms with van der Waals surface area (Å²) in [5.41, 5.74) is 3.46. The van der Waals surface area contributed by atoms with Crippen molar-refractivity contribution in [2.75, 3.05) is 7.11 Å². The van der Waals surface area contributed by atoms with Gasteiger partial charge in [0.1, 0.15) is 5.75 Å². The van der Waals surface area contributed by atoms with Gasteiger partial charge < -0.3 is 9.30 Å². The van der Waals surface area contributed by atoms with Gasteiger partial charge in [-0.15, -0.1) is 0 Å². The van der Waals surface area contributed by atoms with E-state index in [0.717, 1.165) is 22.0 Å². The molecule has 0 aliphatic heterocycles. The van der Waals surface area contributed by atoms with Gasteiger partial charge in [0.15, 0.2) is 0 Å². The van der Waals surface area contributed by atoms with Crippen LogP contribution in [0.5, 0.6) is 5.75 Å². The van der Waals surface area contributed by atoms with Crippen LogP contribution >= 0.6 is 0 Å². The van der Waals surface area contributed by atoms with Crippen LogP contribution in [0.15, 0.2) is 53.3 Å². The minimum Gasteiger partial charge on any atom is -0.496 e. The number of nitrogens with zero attached hydrogens (tertiary/aromatic N) is 1. The van der Waals surface area contributed by atoms with Crippen LogP contribution in [0.25, 0.3) is 22.0 Å². The Hall–Kier alpha value is -2.55. The Labute approximate surface area is 123 Å². The number of hydrogen-bond acceptors (Lipinski definition) is 2. The molecule has 0 spiro atoms. The first-order valence-corrected chi connectivity index (χ1v) is 6.87. The Morgan fingerprint density at radius 3 is 2.43 bits per heavy atom. The molecule has 3 rings (SSSR count). The second kappa shape index (κ2) is 5.09. The highest BCUT2D eigenvalue weighted by Gasteiger charge is 2.16. The van der Waals surface area contributed by atoms with Crippen molar-refractivity contribution >= 4 is 10.9 Å². The Bertz CT molecular complexity index is 878. The number of aryl methyl sites for hydroxylation is 2. The van der Waals surface area contributed by atoms with Gasteiger partial charge in [-0.2, -0.15) is 0 Å². The predicted octanol–water partition coefficient (Wildman–Crippen LogP) is 3.52. The zero-order valence-corrected chi connectivity index (χ0v) is 12.4. The van der Waals surface area contributed by atoms with E-state index in [2.05, 4.69) is 0 Å². The summed E-state index contributed by atoms with van der Waals surface area (Å²) in [6.07, 6.45) is 0. The molecule has 0 aliphatic rings. The average molecular weight is 279 g/mol.